The van der Waals surface area contributed by atoms with E-state index in [0.29, 0.717) is 11.2 Å². The first-order valence-electron chi connectivity index (χ1n) is 6.62. The summed E-state index contributed by atoms with van der Waals surface area (Å²) < 4.78 is 5.22. The van der Waals surface area contributed by atoms with Crippen LogP contribution in [0.25, 0.3) is 0 Å². The Morgan fingerprint density at radius 2 is 2.39 bits per heavy atom. The summed E-state index contributed by atoms with van der Waals surface area (Å²) in [6, 6.07) is 0.693. The van der Waals surface area contributed by atoms with Crippen molar-refractivity contribution in [3.05, 3.63) is 11.1 Å². The van der Waals surface area contributed by atoms with Crippen LogP contribution < -0.4 is 5.73 Å². The molecule has 1 aliphatic rings. The maximum atomic E-state index is 5.69. The number of hydrogen-bond donors (Lipinski definition) is 1. The molecule has 0 bridgehead atoms. The van der Waals surface area contributed by atoms with Gasteiger partial charge in [-0.05, 0) is 25.2 Å². The lowest BCUT2D eigenvalue weighted by atomic mass is 10.1. The summed E-state index contributed by atoms with van der Waals surface area (Å²) in [5, 5.41) is 0.663. The molecule has 2 atom stereocenters. The van der Waals surface area contributed by atoms with E-state index in [-0.39, 0.29) is 0 Å². The van der Waals surface area contributed by atoms with E-state index in [2.05, 4.69) is 16.8 Å². The zero-order valence-corrected chi connectivity index (χ0v) is 12.1. The molecule has 0 spiro atoms. The zero-order valence-electron chi connectivity index (χ0n) is 11.3. The third-order valence-corrected chi connectivity index (χ3v) is 4.51. The van der Waals surface area contributed by atoms with Crippen molar-refractivity contribution in [2.45, 2.75) is 38.8 Å². The van der Waals surface area contributed by atoms with E-state index in [1.165, 1.54) is 24.1 Å². The molecule has 102 valence electrons. The van der Waals surface area contributed by atoms with Gasteiger partial charge in [0.2, 0.25) is 0 Å². The molecule has 0 saturated heterocycles. The number of nitrogen functional groups attached to an aromatic ring is 1. The summed E-state index contributed by atoms with van der Waals surface area (Å²) in [5.74, 6) is 0.853. The number of thiazole rings is 1. The van der Waals surface area contributed by atoms with Crippen molar-refractivity contribution in [1.82, 2.24) is 9.88 Å². The highest BCUT2D eigenvalue weighted by molar-refractivity contribution is 7.15. The van der Waals surface area contributed by atoms with Crippen LogP contribution in [0.5, 0.6) is 0 Å². The summed E-state index contributed by atoms with van der Waals surface area (Å²) in [4.78, 5) is 7.91. The average Bonchev–Trinajstić information content (AvgIpc) is 2.93. The highest BCUT2D eigenvalue weighted by atomic mass is 32.1. The molecular formula is C13H23N3OS. The molecule has 5 heteroatoms. The fraction of sp³-hybridized carbons (Fsp3) is 0.769. The van der Waals surface area contributed by atoms with E-state index < -0.39 is 0 Å². The Kier molecular flexibility index (Phi) is 4.97. The summed E-state index contributed by atoms with van der Waals surface area (Å²) in [5.41, 5.74) is 5.69. The largest absolute Gasteiger partial charge is 0.383 e. The minimum atomic E-state index is 0.663. The highest BCUT2D eigenvalue weighted by Gasteiger charge is 2.27. The monoisotopic (exact) mass is 269 g/mol. The summed E-state index contributed by atoms with van der Waals surface area (Å²) in [6.07, 6.45) is 5.86. The second-order valence-corrected chi connectivity index (χ2v) is 6.35. The van der Waals surface area contributed by atoms with Gasteiger partial charge in [-0.25, -0.2) is 4.98 Å². The zero-order chi connectivity index (χ0) is 13.0. The molecule has 18 heavy (non-hydrogen) atoms. The number of anilines is 1. The normalized spacial score (nSPS) is 23.9. The lowest BCUT2D eigenvalue weighted by molar-refractivity contribution is 0.115. The molecule has 1 aromatic rings. The number of nitrogens with zero attached hydrogens (tertiary/aromatic N) is 2. The molecule has 2 rings (SSSR count). The average molecular weight is 269 g/mol. The Morgan fingerprint density at radius 3 is 2.94 bits per heavy atom. The molecule has 1 aromatic heterocycles. The summed E-state index contributed by atoms with van der Waals surface area (Å²) >= 11 is 1.59. The van der Waals surface area contributed by atoms with Crippen LogP contribution >= 0.6 is 11.3 Å². The smallest absolute Gasteiger partial charge is 0.180 e. The van der Waals surface area contributed by atoms with Crippen molar-refractivity contribution in [1.29, 1.82) is 0 Å². The molecule has 2 unspecified atom stereocenters. The fourth-order valence-electron chi connectivity index (χ4n) is 2.70. The number of aromatic nitrogens is 1. The van der Waals surface area contributed by atoms with Crippen molar-refractivity contribution in [3.8, 4) is 0 Å². The van der Waals surface area contributed by atoms with Crippen LogP contribution in [0.1, 0.15) is 31.1 Å². The van der Waals surface area contributed by atoms with E-state index in [4.69, 9.17) is 10.5 Å². The molecule has 1 aliphatic carbocycles. The van der Waals surface area contributed by atoms with Gasteiger partial charge in [-0.2, -0.15) is 0 Å². The molecule has 0 aliphatic heterocycles. The highest BCUT2D eigenvalue weighted by Crippen LogP contribution is 2.30. The van der Waals surface area contributed by atoms with Crippen molar-refractivity contribution in [2.24, 2.45) is 5.92 Å². The van der Waals surface area contributed by atoms with Gasteiger partial charge in [-0.15, -0.1) is 11.3 Å². The van der Waals surface area contributed by atoms with E-state index in [1.54, 1.807) is 18.4 Å². The van der Waals surface area contributed by atoms with Crippen molar-refractivity contribution >= 4 is 16.5 Å². The third-order valence-electron chi connectivity index (χ3n) is 3.70. The van der Waals surface area contributed by atoms with Crippen LogP contribution in [-0.2, 0) is 11.3 Å². The third kappa shape index (κ3) is 3.67. The Hall–Kier alpha value is -0.650. The van der Waals surface area contributed by atoms with Crippen LogP contribution in [0, 0.1) is 5.92 Å². The summed E-state index contributed by atoms with van der Waals surface area (Å²) in [7, 11) is 1.76. The SMILES string of the molecule is COCCN(Cc1cnc(N)s1)C1CCC(C)C1. The molecular weight excluding hydrogens is 246 g/mol. The Morgan fingerprint density at radius 1 is 1.56 bits per heavy atom. The predicted octanol–water partition coefficient (Wildman–Crippen LogP) is 2.36. The molecule has 1 fully saturated rings. The fourth-order valence-corrected chi connectivity index (χ4v) is 3.41. The van der Waals surface area contributed by atoms with Crippen molar-refractivity contribution in [2.75, 3.05) is 26.0 Å². The number of rotatable bonds is 6. The molecule has 1 saturated carbocycles. The van der Waals surface area contributed by atoms with Gasteiger partial charge in [0.1, 0.15) is 0 Å². The van der Waals surface area contributed by atoms with Gasteiger partial charge in [-0.1, -0.05) is 6.92 Å². The van der Waals surface area contributed by atoms with E-state index in [0.717, 1.165) is 25.6 Å². The van der Waals surface area contributed by atoms with Gasteiger partial charge in [0.25, 0.3) is 0 Å². The number of nitrogens with two attached hydrogens (primary N) is 1. The molecule has 0 aromatic carbocycles. The predicted molar refractivity (Wildman–Crippen MR) is 75.6 cm³/mol. The lowest BCUT2D eigenvalue weighted by Gasteiger charge is -2.28. The van der Waals surface area contributed by atoms with Crippen LogP contribution in [0.15, 0.2) is 6.20 Å². The Bertz CT molecular complexity index is 369. The first kappa shape index (κ1) is 13.8. The Labute approximate surface area is 113 Å². The van der Waals surface area contributed by atoms with Gasteiger partial charge >= 0.3 is 0 Å². The van der Waals surface area contributed by atoms with Gasteiger partial charge in [0.05, 0.1) is 6.61 Å². The topological polar surface area (TPSA) is 51.4 Å². The van der Waals surface area contributed by atoms with Crippen LogP contribution in [0.3, 0.4) is 0 Å². The molecule has 4 nitrogen and oxygen atoms in total. The molecule has 2 N–H and O–H groups in total. The van der Waals surface area contributed by atoms with Gasteiger partial charge in [-0.3, -0.25) is 4.90 Å². The first-order chi connectivity index (χ1) is 8.69. The first-order valence-corrected chi connectivity index (χ1v) is 7.44. The maximum Gasteiger partial charge on any atom is 0.180 e. The second-order valence-electron chi connectivity index (χ2n) is 5.20. The standard InChI is InChI=1S/C13H23N3OS/c1-10-3-4-11(7-10)16(5-6-17-2)9-12-8-15-13(14)18-12/h8,10-11H,3-7,9H2,1-2H3,(H2,14,15). The minimum Gasteiger partial charge on any atom is -0.383 e. The van der Waals surface area contributed by atoms with E-state index in [1.807, 2.05) is 6.20 Å². The molecule has 0 radical (unpaired) electrons. The minimum absolute atomic E-state index is 0.663. The van der Waals surface area contributed by atoms with Crippen LogP contribution in [0.4, 0.5) is 5.13 Å². The molecule has 1 heterocycles. The lowest BCUT2D eigenvalue weighted by Crippen LogP contribution is -2.35. The van der Waals surface area contributed by atoms with Gasteiger partial charge in [0, 0.05) is 37.3 Å². The van der Waals surface area contributed by atoms with E-state index in [9.17, 15) is 0 Å². The summed E-state index contributed by atoms with van der Waals surface area (Å²) in [6.45, 7) is 5.08. The second kappa shape index (κ2) is 6.50. The van der Waals surface area contributed by atoms with Crippen molar-refractivity contribution in [3.63, 3.8) is 0 Å². The number of methoxy groups -OCH3 is 1. The molecule has 0 amide bonds. The number of hydrogen-bond acceptors (Lipinski definition) is 5. The number of ether oxygens (including phenoxy) is 1. The van der Waals surface area contributed by atoms with E-state index >= 15 is 0 Å². The van der Waals surface area contributed by atoms with Gasteiger partial charge in [0.15, 0.2) is 5.13 Å². The van der Waals surface area contributed by atoms with Crippen LogP contribution in [-0.4, -0.2) is 36.2 Å². The quantitative estimate of drug-likeness (QED) is 0.861. The van der Waals surface area contributed by atoms with Crippen LogP contribution in [0.2, 0.25) is 0 Å². The van der Waals surface area contributed by atoms with Crippen molar-refractivity contribution < 1.29 is 4.74 Å². The van der Waals surface area contributed by atoms with Gasteiger partial charge < -0.3 is 10.5 Å². The Balaban J connectivity index is 1.96. The maximum absolute atomic E-state index is 5.69.